The maximum Gasteiger partial charge on any atom is 0.416 e. The van der Waals surface area contributed by atoms with E-state index in [1.165, 1.54) is 0 Å². The van der Waals surface area contributed by atoms with E-state index in [1.807, 2.05) is 0 Å². The van der Waals surface area contributed by atoms with Crippen LogP contribution in [0.4, 0.5) is 17.6 Å². The van der Waals surface area contributed by atoms with Gasteiger partial charge in [-0.25, -0.2) is 4.39 Å². The summed E-state index contributed by atoms with van der Waals surface area (Å²) in [6, 6.07) is 1.52. The first-order chi connectivity index (χ1) is 9.12. The molecule has 2 atom stereocenters. The van der Waals surface area contributed by atoms with Crippen molar-refractivity contribution in [2.24, 2.45) is 0 Å². The Morgan fingerprint density at radius 3 is 2.45 bits per heavy atom. The molecule has 1 rings (SSSR count). The van der Waals surface area contributed by atoms with Gasteiger partial charge in [-0.05, 0) is 18.2 Å². The summed E-state index contributed by atoms with van der Waals surface area (Å²) < 4.78 is 50.9. The zero-order valence-corrected chi connectivity index (χ0v) is 10.4. The fourth-order valence-electron chi connectivity index (χ4n) is 1.51. The Morgan fingerprint density at radius 1 is 1.35 bits per heavy atom. The summed E-state index contributed by atoms with van der Waals surface area (Å²) in [6.07, 6.45) is -8.20. The minimum absolute atomic E-state index is 0.411. The molecule has 0 aromatic heterocycles. The van der Waals surface area contributed by atoms with Gasteiger partial charge in [0, 0.05) is 19.0 Å². The van der Waals surface area contributed by atoms with Gasteiger partial charge in [0.15, 0.2) is 0 Å². The molecule has 0 heterocycles. The molecule has 0 saturated heterocycles. The lowest BCUT2D eigenvalue weighted by Crippen LogP contribution is -2.34. The maximum absolute atomic E-state index is 13.4. The number of hydrogen-bond donors (Lipinski definition) is 3. The van der Waals surface area contributed by atoms with E-state index in [4.69, 9.17) is 0 Å². The van der Waals surface area contributed by atoms with E-state index in [9.17, 15) is 32.6 Å². The molecule has 0 radical (unpaired) electrons. The largest absolute Gasteiger partial charge is 0.416 e. The van der Waals surface area contributed by atoms with Gasteiger partial charge in [0.25, 0.3) is 0 Å². The Hall–Kier alpha value is -1.67. The number of carbonyl (C=O) groups excluding carboxylic acids is 1. The summed E-state index contributed by atoms with van der Waals surface area (Å²) in [5, 5.41) is 21.4. The van der Waals surface area contributed by atoms with Crippen LogP contribution in [0.15, 0.2) is 18.2 Å². The number of amides is 1. The van der Waals surface area contributed by atoms with Gasteiger partial charge in [0.1, 0.15) is 18.0 Å². The summed E-state index contributed by atoms with van der Waals surface area (Å²) >= 11 is 0. The Morgan fingerprint density at radius 2 is 1.95 bits per heavy atom. The van der Waals surface area contributed by atoms with Crippen molar-refractivity contribution < 1.29 is 32.6 Å². The zero-order chi connectivity index (χ0) is 15.5. The summed E-state index contributed by atoms with van der Waals surface area (Å²) in [5.41, 5.74) is -1.82. The highest BCUT2D eigenvalue weighted by Gasteiger charge is 2.32. The number of carbonyl (C=O) groups is 1. The number of hydrogen-bond acceptors (Lipinski definition) is 3. The molecular weight excluding hydrogens is 282 g/mol. The van der Waals surface area contributed by atoms with Crippen molar-refractivity contribution >= 4 is 5.91 Å². The van der Waals surface area contributed by atoms with Crippen LogP contribution in [-0.4, -0.2) is 28.8 Å². The molecule has 0 aliphatic heterocycles. The lowest BCUT2D eigenvalue weighted by Gasteiger charge is -2.20. The van der Waals surface area contributed by atoms with Gasteiger partial charge in [-0.3, -0.25) is 4.79 Å². The molecule has 0 aliphatic rings. The predicted octanol–water partition coefficient (Wildman–Crippen LogP) is 1.37. The van der Waals surface area contributed by atoms with Crippen molar-refractivity contribution in [2.75, 3.05) is 6.54 Å². The number of benzene rings is 1. The SMILES string of the molecule is CC(=O)NCC(O)C(O)c1cc(C(F)(F)F)ccc1F. The van der Waals surface area contributed by atoms with Gasteiger partial charge in [-0.2, -0.15) is 13.2 Å². The Bertz CT molecular complexity index is 490. The molecule has 0 aliphatic carbocycles. The van der Waals surface area contributed by atoms with Crippen LogP contribution in [0.5, 0.6) is 0 Å². The monoisotopic (exact) mass is 295 g/mol. The highest BCUT2D eigenvalue weighted by molar-refractivity contribution is 5.72. The molecule has 112 valence electrons. The number of aliphatic hydroxyl groups is 2. The average Bonchev–Trinajstić information content (AvgIpc) is 2.34. The van der Waals surface area contributed by atoms with E-state index in [2.05, 4.69) is 5.32 Å². The normalized spacial score (nSPS) is 14.8. The molecule has 0 saturated carbocycles. The van der Waals surface area contributed by atoms with Crippen molar-refractivity contribution in [2.45, 2.75) is 25.3 Å². The van der Waals surface area contributed by atoms with Gasteiger partial charge in [-0.1, -0.05) is 0 Å². The zero-order valence-electron chi connectivity index (χ0n) is 10.4. The minimum Gasteiger partial charge on any atom is -0.388 e. The first-order valence-electron chi connectivity index (χ1n) is 5.60. The third-order valence-electron chi connectivity index (χ3n) is 2.57. The average molecular weight is 295 g/mol. The van der Waals surface area contributed by atoms with Gasteiger partial charge >= 0.3 is 6.18 Å². The topological polar surface area (TPSA) is 69.6 Å². The van der Waals surface area contributed by atoms with Crippen molar-refractivity contribution in [1.82, 2.24) is 5.32 Å². The Labute approximate surface area is 112 Å². The number of alkyl halides is 3. The van der Waals surface area contributed by atoms with E-state index in [0.29, 0.717) is 18.2 Å². The summed E-state index contributed by atoms with van der Waals surface area (Å²) in [6.45, 7) is 0.746. The number of aliphatic hydroxyl groups excluding tert-OH is 2. The summed E-state index contributed by atoms with van der Waals surface area (Å²) in [4.78, 5) is 10.6. The fraction of sp³-hybridized carbons (Fsp3) is 0.417. The van der Waals surface area contributed by atoms with Gasteiger partial charge < -0.3 is 15.5 Å². The Balaban J connectivity index is 2.97. The molecule has 0 spiro atoms. The molecule has 1 aromatic carbocycles. The number of halogens is 4. The van der Waals surface area contributed by atoms with Crippen LogP contribution in [0.3, 0.4) is 0 Å². The maximum atomic E-state index is 13.4. The molecule has 20 heavy (non-hydrogen) atoms. The molecule has 0 fully saturated rings. The van der Waals surface area contributed by atoms with Crippen molar-refractivity contribution in [3.63, 3.8) is 0 Å². The second kappa shape index (κ2) is 6.19. The standard InChI is InChI=1S/C12H13F4NO3/c1-6(18)17-5-10(19)11(20)8-4-7(12(14,15)16)2-3-9(8)13/h2-4,10-11,19-20H,5H2,1H3,(H,17,18). The van der Waals surface area contributed by atoms with E-state index >= 15 is 0 Å². The van der Waals surface area contributed by atoms with Crippen molar-refractivity contribution in [1.29, 1.82) is 0 Å². The highest BCUT2D eigenvalue weighted by Crippen LogP contribution is 2.32. The lowest BCUT2D eigenvalue weighted by atomic mass is 10.0. The van der Waals surface area contributed by atoms with Crippen LogP contribution < -0.4 is 5.32 Å². The predicted molar refractivity (Wildman–Crippen MR) is 61.1 cm³/mol. The van der Waals surface area contributed by atoms with E-state index < -0.39 is 47.8 Å². The van der Waals surface area contributed by atoms with Crippen LogP contribution in [0.1, 0.15) is 24.2 Å². The Kier molecular flexibility index (Phi) is 5.07. The van der Waals surface area contributed by atoms with Gasteiger partial charge in [0.2, 0.25) is 5.91 Å². The molecule has 1 amide bonds. The van der Waals surface area contributed by atoms with Crippen LogP contribution in [0.2, 0.25) is 0 Å². The molecule has 1 aromatic rings. The minimum atomic E-state index is -4.69. The molecule has 3 N–H and O–H groups in total. The quantitative estimate of drug-likeness (QED) is 0.735. The van der Waals surface area contributed by atoms with Crippen molar-refractivity contribution in [3.8, 4) is 0 Å². The molecule has 2 unspecified atom stereocenters. The fourth-order valence-corrected chi connectivity index (χ4v) is 1.51. The highest BCUT2D eigenvalue weighted by atomic mass is 19.4. The van der Waals surface area contributed by atoms with Gasteiger partial charge in [0.05, 0.1) is 5.56 Å². The number of nitrogens with one attached hydrogen (secondary N) is 1. The molecular formula is C12H13F4NO3. The third kappa shape index (κ3) is 4.17. The second-order valence-corrected chi connectivity index (χ2v) is 4.18. The van der Waals surface area contributed by atoms with E-state index in [-0.39, 0.29) is 0 Å². The van der Waals surface area contributed by atoms with E-state index in [0.717, 1.165) is 6.92 Å². The van der Waals surface area contributed by atoms with Crippen LogP contribution >= 0.6 is 0 Å². The van der Waals surface area contributed by atoms with Crippen LogP contribution in [0, 0.1) is 5.82 Å². The first kappa shape index (κ1) is 16.4. The van der Waals surface area contributed by atoms with Crippen LogP contribution in [0.25, 0.3) is 0 Å². The van der Waals surface area contributed by atoms with Crippen LogP contribution in [-0.2, 0) is 11.0 Å². The summed E-state index contributed by atoms with van der Waals surface area (Å²) in [7, 11) is 0. The van der Waals surface area contributed by atoms with E-state index in [1.54, 1.807) is 0 Å². The molecule has 0 bridgehead atoms. The molecule has 4 nitrogen and oxygen atoms in total. The lowest BCUT2D eigenvalue weighted by molar-refractivity contribution is -0.137. The molecule has 8 heteroatoms. The third-order valence-corrected chi connectivity index (χ3v) is 2.57. The smallest absolute Gasteiger partial charge is 0.388 e. The van der Waals surface area contributed by atoms with Gasteiger partial charge in [-0.15, -0.1) is 0 Å². The first-order valence-corrected chi connectivity index (χ1v) is 5.60. The van der Waals surface area contributed by atoms with Crippen molar-refractivity contribution in [3.05, 3.63) is 35.1 Å². The summed E-state index contributed by atoms with van der Waals surface area (Å²) in [5.74, 6) is -1.58. The number of rotatable bonds is 4. The second-order valence-electron chi connectivity index (χ2n) is 4.18.